The van der Waals surface area contributed by atoms with Crippen LogP contribution in [0.4, 0.5) is 4.79 Å². The van der Waals surface area contributed by atoms with Crippen molar-refractivity contribution in [1.29, 1.82) is 0 Å². The van der Waals surface area contributed by atoms with E-state index >= 15 is 0 Å². The van der Waals surface area contributed by atoms with Crippen molar-refractivity contribution in [2.75, 3.05) is 52.4 Å². The van der Waals surface area contributed by atoms with Crippen molar-refractivity contribution in [1.82, 2.24) is 15.1 Å². The Hall–Kier alpha value is -0.850. The Labute approximate surface area is 95.7 Å². The van der Waals surface area contributed by atoms with E-state index in [-0.39, 0.29) is 12.1 Å². The van der Waals surface area contributed by atoms with Gasteiger partial charge in [0, 0.05) is 45.8 Å². The molecule has 1 atom stereocenters. The minimum Gasteiger partial charge on any atom is -0.374 e. The lowest BCUT2D eigenvalue weighted by Crippen LogP contribution is -2.48. The summed E-state index contributed by atoms with van der Waals surface area (Å²) < 4.78 is 5.49. The summed E-state index contributed by atoms with van der Waals surface area (Å²) in [5.74, 6) is 0. The average Bonchev–Trinajstić information content (AvgIpc) is 2.72. The van der Waals surface area contributed by atoms with Crippen LogP contribution in [0.15, 0.2) is 0 Å². The molecular weight excluding hydrogens is 208 g/mol. The third kappa shape index (κ3) is 2.84. The van der Waals surface area contributed by atoms with Crippen molar-refractivity contribution in [3.8, 4) is 0 Å². The van der Waals surface area contributed by atoms with Gasteiger partial charge in [0.2, 0.25) is 0 Å². The third-order valence-corrected chi connectivity index (χ3v) is 3.12. The van der Waals surface area contributed by atoms with Gasteiger partial charge in [0.1, 0.15) is 0 Å². The number of nitrogens with one attached hydrogen (secondary N) is 1. The Morgan fingerprint density at radius 2 is 2.31 bits per heavy atom. The molecule has 2 fully saturated rings. The van der Waals surface area contributed by atoms with Crippen molar-refractivity contribution in [2.45, 2.75) is 6.10 Å². The molecule has 2 saturated heterocycles. The summed E-state index contributed by atoms with van der Waals surface area (Å²) in [5.41, 5.74) is 5.58. The minimum absolute atomic E-state index is 0.0589. The second kappa shape index (κ2) is 5.47. The molecule has 6 heteroatoms. The van der Waals surface area contributed by atoms with E-state index < -0.39 is 0 Å². The summed E-state index contributed by atoms with van der Waals surface area (Å²) >= 11 is 0. The van der Waals surface area contributed by atoms with Gasteiger partial charge < -0.3 is 20.7 Å². The van der Waals surface area contributed by atoms with Crippen LogP contribution < -0.4 is 11.1 Å². The number of carbonyl (C=O) groups is 1. The number of ether oxygens (including phenoxy) is 1. The van der Waals surface area contributed by atoms with Crippen LogP contribution in [0.25, 0.3) is 0 Å². The lowest BCUT2D eigenvalue weighted by Gasteiger charge is -2.33. The van der Waals surface area contributed by atoms with Gasteiger partial charge in [0.05, 0.1) is 12.7 Å². The fourth-order valence-electron chi connectivity index (χ4n) is 2.11. The molecule has 0 aliphatic carbocycles. The molecule has 16 heavy (non-hydrogen) atoms. The van der Waals surface area contributed by atoms with Crippen LogP contribution in [0.2, 0.25) is 0 Å². The Morgan fingerprint density at radius 1 is 1.44 bits per heavy atom. The number of carbonyl (C=O) groups excluding carboxylic acids is 1. The van der Waals surface area contributed by atoms with Gasteiger partial charge in [-0.15, -0.1) is 0 Å². The number of nitrogens with zero attached hydrogens (tertiary/aromatic N) is 2. The van der Waals surface area contributed by atoms with Crippen LogP contribution >= 0.6 is 0 Å². The van der Waals surface area contributed by atoms with E-state index in [2.05, 4.69) is 10.2 Å². The quantitative estimate of drug-likeness (QED) is 0.625. The molecule has 6 nitrogen and oxygen atoms in total. The summed E-state index contributed by atoms with van der Waals surface area (Å²) in [5, 5.41) is 2.80. The molecule has 2 aliphatic heterocycles. The van der Waals surface area contributed by atoms with Gasteiger partial charge in [0.25, 0.3) is 0 Å². The minimum atomic E-state index is 0.0589. The molecule has 2 heterocycles. The highest BCUT2D eigenvalue weighted by Gasteiger charge is 2.22. The largest absolute Gasteiger partial charge is 0.374 e. The predicted molar refractivity (Wildman–Crippen MR) is 60.2 cm³/mol. The zero-order valence-corrected chi connectivity index (χ0v) is 9.52. The molecule has 0 saturated carbocycles. The Kier molecular flexibility index (Phi) is 3.98. The summed E-state index contributed by atoms with van der Waals surface area (Å²) in [6.07, 6.45) is 0.154. The van der Waals surface area contributed by atoms with Gasteiger partial charge in [-0.05, 0) is 0 Å². The lowest BCUT2D eigenvalue weighted by atomic mass is 10.2. The molecular formula is C10H20N4O2. The second-order valence-electron chi connectivity index (χ2n) is 4.25. The van der Waals surface area contributed by atoms with Crippen LogP contribution in [-0.2, 0) is 4.74 Å². The molecule has 0 spiro atoms. The number of nitrogens with two attached hydrogens (primary N) is 1. The highest BCUT2D eigenvalue weighted by atomic mass is 16.5. The number of hydrogen-bond acceptors (Lipinski definition) is 4. The first-order chi connectivity index (χ1) is 7.79. The van der Waals surface area contributed by atoms with E-state index in [1.54, 1.807) is 0 Å². The van der Waals surface area contributed by atoms with E-state index in [0.29, 0.717) is 6.54 Å². The van der Waals surface area contributed by atoms with Crippen molar-refractivity contribution < 1.29 is 9.53 Å². The van der Waals surface area contributed by atoms with Crippen LogP contribution in [0.5, 0.6) is 0 Å². The fourth-order valence-corrected chi connectivity index (χ4v) is 2.11. The number of amides is 2. The molecule has 1 unspecified atom stereocenters. The molecule has 0 bridgehead atoms. The van der Waals surface area contributed by atoms with Gasteiger partial charge in [-0.2, -0.15) is 0 Å². The fraction of sp³-hybridized carbons (Fsp3) is 0.900. The van der Waals surface area contributed by atoms with Crippen molar-refractivity contribution in [3.63, 3.8) is 0 Å². The van der Waals surface area contributed by atoms with Crippen LogP contribution in [0.3, 0.4) is 0 Å². The van der Waals surface area contributed by atoms with E-state index in [9.17, 15) is 4.79 Å². The standard InChI is InChI=1S/C10H20N4O2/c11-7-9-8-13(5-6-16-9)3-4-14-2-1-12-10(14)15/h9H,1-8,11H2,(H,12,15). The van der Waals surface area contributed by atoms with Crippen LogP contribution in [0.1, 0.15) is 0 Å². The normalized spacial score (nSPS) is 27.2. The van der Waals surface area contributed by atoms with E-state index in [0.717, 1.165) is 45.9 Å². The number of rotatable bonds is 4. The number of hydrogen-bond donors (Lipinski definition) is 2. The highest BCUT2D eigenvalue weighted by Crippen LogP contribution is 2.05. The zero-order valence-electron chi connectivity index (χ0n) is 9.52. The van der Waals surface area contributed by atoms with Gasteiger partial charge >= 0.3 is 6.03 Å². The SMILES string of the molecule is NCC1CN(CCN2CCNC2=O)CCO1. The van der Waals surface area contributed by atoms with Crippen LogP contribution in [-0.4, -0.2) is 74.4 Å². The Bertz CT molecular complexity index is 249. The predicted octanol–water partition coefficient (Wildman–Crippen LogP) is -1.33. The van der Waals surface area contributed by atoms with Crippen molar-refractivity contribution in [3.05, 3.63) is 0 Å². The lowest BCUT2D eigenvalue weighted by molar-refractivity contribution is -0.0241. The van der Waals surface area contributed by atoms with E-state index in [4.69, 9.17) is 10.5 Å². The summed E-state index contributed by atoms with van der Waals surface area (Å²) in [6, 6.07) is 0.0589. The Morgan fingerprint density at radius 3 is 3.00 bits per heavy atom. The maximum absolute atomic E-state index is 11.3. The van der Waals surface area contributed by atoms with Gasteiger partial charge in [-0.3, -0.25) is 4.90 Å². The average molecular weight is 228 g/mol. The number of morpholine rings is 1. The monoisotopic (exact) mass is 228 g/mol. The highest BCUT2D eigenvalue weighted by molar-refractivity contribution is 5.76. The summed E-state index contributed by atoms with van der Waals surface area (Å²) in [7, 11) is 0. The molecule has 2 rings (SSSR count). The topological polar surface area (TPSA) is 70.8 Å². The molecule has 0 aromatic rings. The van der Waals surface area contributed by atoms with E-state index in [1.807, 2.05) is 4.90 Å². The molecule has 2 amide bonds. The van der Waals surface area contributed by atoms with Gasteiger partial charge in [-0.25, -0.2) is 4.79 Å². The third-order valence-electron chi connectivity index (χ3n) is 3.12. The van der Waals surface area contributed by atoms with Crippen molar-refractivity contribution >= 4 is 6.03 Å². The van der Waals surface area contributed by atoms with Gasteiger partial charge in [0.15, 0.2) is 0 Å². The first kappa shape index (κ1) is 11.6. The first-order valence-corrected chi connectivity index (χ1v) is 5.86. The van der Waals surface area contributed by atoms with Crippen molar-refractivity contribution in [2.24, 2.45) is 5.73 Å². The number of urea groups is 1. The summed E-state index contributed by atoms with van der Waals surface area (Å²) in [4.78, 5) is 15.5. The smallest absolute Gasteiger partial charge is 0.317 e. The van der Waals surface area contributed by atoms with E-state index in [1.165, 1.54) is 0 Å². The van der Waals surface area contributed by atoms with Crippen LogP contribution in [0, 0.1) is 0 Å². The zero-order chi connectivity index (χ0) is 11.4. The first-order valence-electron chi connectivity index (χ1n) is 5.86. The molecule has 2 aliphatic rings. The molecule has 92 valence electrons. The molecule has 3 N–H and O–H groups in total. The molecule has 0 aromatic heterocycles. The summed E-state index contributed by atoms with van der Waals surface area (Å²) in [6.45, 7) is 6.43. The molecule has 0 aromatic carbocycles. The maximum atomic E-state index is 11.3. The maximum Gasteiger partial charge on any atom is 0.317 e. The Balaban J connectivity index is 1.70. The second-order valence-corrected chi connectivity index (χ2v) is 4.25. The molecule has 0 radical (unpaired) electrons. The van der Waals surface area contributed by atoms with Gasteiger partial charge in [-0.1, -0.05) is 0 Å².